The molecule has 0 bridgehead atoms. The fraction of sp³-hybridized carbons (Fsp3) is 0.619. The molecule has 1 saturated carbocycles. The number of rotatable bonds is 4. The van der Waals surface area contributed by atoms with Crippen LogP contribution in [0.5, 0.6) is 0 Å². The lowest BCUT2D eigenvalue weighted by molar-refractivity contribution is -0.121. The van der Waals surface area contributed by atoms with E-state index in [0.29, 0.717) is 41.8 Å². The second-order valence-corrected chi connectivity index (χ2v) is 11.7. The second-order valence-electron chi connectivity index (χ2n) is 9.29. The third-order valence-corrected chi connectivity index (χ3v) is 8.36. The molecule has 2 heterocycles. The minimum absolute atomic E-state index is 0.0103. The topological polar surface area (TPSA) is 101 Å². The van der Waals surface area contributed by atoms with E-state index in [4.69, 9.17) is 17.3 Å². The van der Waals surface area contributed by atoms with Crippen molar-refractivity contribution in [3.8, 4) is 0 Å². The van der Waals surface area contributed by atoms with Gasteiger partial charge < -0.3 is 15.5 Å². The fourth-order valence-electron chi connectivity index (χ4n) is 5.46. The summed E-state index contributed by atoms with van der Waals surface area (Å²) in [6.45, 7) is 2.48. The van der Waals surface area contributed by atoms with Gasteiger partial charge in [0.15, 0.2) is 9.84 Å². The number of carbonyl (C=O) groups excluding carboxylic acids is 2. The van der Waals surface area contributed by atoms with Gasteiger partial charge in [0, 0.05) is 37.5 Å². The lowest BCUT2D eigenvalue weighted by Crippen LogP contribution is -2.45. The standard InChI is InChI=1S/C21H28ClN3O4S/c1-30(28,29)18-9-17(22)3-2-15(18)8-14-10-21(11-14)5-7-25(13-21)20(27)24-6-4-16(12-24)19(23)26/h2-3,9,14,16H,4-8,10-13H2,1H3,(H2,23,26)/t14?,16-,21?/m0/s1. The Balaban J connectivity index is 1.34. The first kappa shape index (κ1) is 21.4. The molecule has 1 aromatic carbocycles. The van der Waals surface area contributed by atoms with Crippen LogP contribution in [0, 0.1) is 17.3 Å². The van der Waals surface area contributed by atoms with Crippen LogP contribution in [-0.4, -0.2) is 62.6 Å². The van der Waals surface area contributed by atoms with Gasteiger partial charge in [-0.05, 0) is 61.1 Å². The minimum Gasteiger partial charge on any atom is -0.369 e. The fourth-order valence-corrected chi connectivity index (χ4v) is 6.67. The Bertz CT molecular complexity index is 974. The third-order valence-electron chi connectivity index (χ3n) is 6.95. The molecule has 1 atom stereocenters. The van der Waals surface area contributed by atoms with Crippen LogP contribution in [0.4, 0.5) is 4.79 Å². The number of primary amides is 1. The minimum atomic E-state index is -3.33. The number of nitrogens with zero attached hydrogens (tertiary/aromatic N) is 2. The van der Waals surface area contributed by atoms with Gasteiger partial charge in [-0.25, -0.2) is 13.2 Å². The van der Waals surface area contributed by atoms with Gasteiger partial charge in [-0.15, -0.1) is 0 Å². The van der Waals surface area contributed by atoms with E-state index in [1.165, 1.54) is 12.3 Å². The van der Waals surface area contributed by atoms with Crippen molar-refractivity contribution < 1.29 is 18.0 Å². The van der Waals surface area contributed by atoms with Crippen molar-refractivity contribution in [1.82, 2.24) is 9.80 Å². The molecule has 9 heteroatoms. The summed E-state index contributed by atoms with van der Waals surface area (Å²) in [5, 5.41) is 0.426. The zero-order valence-corrected chi connectivity index (χ0v) is 18.7. The first-order chi connectivity index (χ1) is 14.1. The number of amides is 3. The van der Waals surface area contributed by atoms with Crippen molar-refractivity contribution >= 4 is 33.4 Å². The Kier molecular flexibility index (Phi) is 5.51. The van der Waals surface area contributed by atoms with E-state index in [-0.39, 0.29) is 23.3 Å². The number of halogens is 1. The molecule has 7 nitrogen and oxygen atoms in total. The summed E-state index contributed by atoms with van der Waals surface area (Å²) >= 11 is 6.00. The van der Waals surface area contributed by atoms with Crippen LogP contribution >= 0.6 is 11.6 Å². The molecule has 1 spiro atoms. The van der Waals surface area contributed by atoms with Gasteiger partial charge in [0.25, 0.3) is 0 Å². The van der Waals surface area contributed by atoms with Crippen LogP contribution in [0.2, 0.25) is 5.02 Å². The van der Waals surface area contributed by atoms with E-state index in [1.807, 2.05) is 11.0 Å². The van der Waals surface area contributed by atoms with Gasteiger partial charge in [0.05, 0.1) is 10.8 Å². The molecule has 30 heavy (non-hydrogen) atoms. The third kappa shape index (κ3) is 4.17. The van der Waals surface area contributed by atoms with Gasteiger partial charge in [-0.2, -0.15) is 0 Å². The number of benzene rings is 1. The highest BCUT2D eigenvalue weighted by Crippen LogP contribution is 2.53. The Labute approximate surface area is 182 Å². The van der Waals surface area contributed by atoms with Crippen LogP contribution in [-0.2, 0) is 21.1 Å². The lowest BCUT2D eigenvalue weighted by Gasteiger charge is -2.45. The van der Waals surface area contributed by atoms with Crippen molar-refractivity contribution in [3.05, 3.63) is 28.8 Å². The molecule has 4 rings (SSSR count). The van der Waals surface area contributed by atoms with Crippen molar-refractivity contribution in [2.75, 3.05) is 32.4 Å². The first-order valence-corrected chi connectivity index (χ1v) is 12.6. The Morgan fingerprint density at radius 1 is 1.23 bits per heavy atom. The van der Waals surface area contributed by atoms with E-state index in [1.54, 1.807) is 11.0 Å². The predicted octanol–water partition coefficient (Wildman–Crippen LogP) is 2.32. The normalized spacial score (nSPS) is 28.7. The summed E-state index contributed by atoms with van der Waals surface area (Å²) in [7, 11) is -3.33. The van der Waals surface area contributed by atoms with Crippen molar-refractivity contribution in [2.24, 2.45) is 23.0 Å². The molecule has 2 saturated heterocycles. The maximum atomic E-state index is 12.8. The van der Waals surface area contributed by atoms with Gasteiger partial charge >= 0.3 is 6.03 Å². The van der Waals surface area contributed by atoms with E-state index < -0.39 is 9.84 Å². The predicted molar refractivity (Wildman–Crippen MR) is 114 cm³/mol. The zero-order chi connectivity index (χ0) is 21.7. The molecule has 1 aliphatic carbocycles. The summed E-state index contributed by atoms with van der Waals surface area (Å²) in [4.78, 5) is 28.2. The number of hydrogen-bond acceptors (Lipinski definition) is 4. The average molecular weight is 454 g/mol. The number of nitrogens with two attached hydrogens (primary N) is 1. The zero-order valence-electron chi connectivity index (χ0n) is 17.1. The summed E-state index contributed by atoms with van der Waals surface area (Å²) in [6.07, 6.45) is 5.53. The molecule has 2 N–H and O–H groups in total. The SMILES string of the molecule is CS(=O)(=O)c1cc(Cl)ccc1CC1CC2(CCN(C(=O)N3CC[C@H](C(N)=O)C3)C2)C1. The molecule has 0 aromatic heterocycles. The van der Waals surface area contributed by atoms with Crippen molar-refractivity contribution in [1.29, 1.82) is 0 Å². The largest absolute Gasteiger partial charge is 0.369 e. The van der Waals surface area contributed by atoms with E-state index in [9.17, 15) is 18.0 Å². The van der Waals surface area contributed by atoms with Gasteiger partial charge in [0.2, 0.25) is 5.91 Å². The van der Waals surface area contributed by atoms with Crippen LogP contribution in [0.25, 0.3) is 0 Å². The molecule has 164 valence electrons. The van der Waals surface area contributed by atoms with E-state index >= 15 is 0 Å². The number of hydrogen-bond donors (Lipinski definition) is 1. The Morgan fingerprint density at radius 3 is 2.60 bits per heavy atom. The summed E-state index contributed by atoms with van der Waals surface area (Å²) in [6, 6.07) is 5.10. The lowest BCUT2D eigenvalue weighted by atomic mass is 9.60. The molecular formula is C21H28ClN3O4S. The van der Waals surface area contributed by atoms with Crippen LogP contribution in [0.15, 0.2) is 23.1 Å². The molecule has 3 aliphatic rings. The summed E-state index contributed by atoms with van der Waals surface area (Å²) in [5.74, 6) is -0.157. The summed E-state index contributed by atoms with van der Waals surface area (Å²) < 4.78 is 24.2. The Morgan fingerprint density at radius 2 is 1.97 bits per heavy atom. The molecule has 3 fully saturated rings. The average Bonchev–Trinajstić information content (AvgIpc) is 3.29. The van der Waals surface area contributed by atoms with Crippen molar-refractivity contribution in [2.45, 2.75) is 37.0 Å². The number of sulfone groups is 1. The highest BCUT2D eigenvalue weighted by atomic mass is 35.5. The monoisotopic (exact) mass is 453 g/mol. The highest BCUT2D eigenvalue weighted by Gasteiger charge is 2.50. The molecule has 1 aromatic rings. The quantitative estimate of drug-likeness (QED) is 0.755. The van der Waals surface area contributed by atoms with Gasteiger partial charge in [0.1, 0.15) is 0 Å². The molecule has 2 aliphatic heterocycles. The smallest absolute Gasteiger partial charge is 0.320 e. The molecule has 0 radical (unpaired) electrons. The first-order valence-electron chi connectivity index (χ1n) is 10.4. The number of carbonyl (C=O) groups is 2. The second kappa shape index (κ2) is 7.71. The highest BCUT2D eigenvalue weighted by molar-refractivity contribution is 7.90. The van der Waals surface area contributed by atoms with E-state index in [0.717, 1.165) is 37.9 Å². The molecule has 3 amide bonds. The Hall–Kier alpha value is -1.80. The maximum absolute atomic E-state index is 12.8. The maximum Gasteiger partial charge on any atom is 0.320 e. The molecular weight excluding hydrogens is 426 g/mol. The van der Waals surface area contributed by atoms with E-state index in [2.05, 4.69) is 0 Å². The number of likely N-dealkylation sites (tertiary alicyclic amines) is 2. The van der Waals surface area contributed by atoms with Crippen molar-refractivity contribution in [3.63, 3.8) is 0 Å². The van der Waals surface area contributed by atoms with Crippen LogP contribution in [0.3, 0.4) is 0 Å². The summed E-state index contributed by atoms with van der Waals surface area (Å²) in [5.41, 5.74) is 6.34. The van der Waals surface area contributed by atoms with Gasteiger partial charge in [-0.1, -0.05) is 17.7 Å². The van der Waals surface area contributed by atoms with Crippen LogP contribution < -0.4 is 5.73 Å². The van der Waals surface area contributed by atoms with Crippen LogP contribution in [0.1, 0.15) is 31.2 Å². The molecule has 0 unspecified atom stereocenters. The number of urea groups is 1. The van der Waals surface area contributed by atoms with Gasteiger partial charge in [-0.3, -0.25) is 4.79 Å².